The van der Waals surface area contributed by atoms with Crippen molar-refractivity contribution in [3.05, 3.63) is 22.2 Å². The average Bonchev–Trinajstić information content (AvgIpc) is 2.31. The Morgan fingerprint density at radius 1 is 1.27 bits per heavy atom. The standard InChI is InChI=1S/C10H10Cl2N2O/c1-5-4-13-8-2-6(11)7(12)3-9(8)14-10(5)15/h2-3,5,13H,4H2,1H3,(H,14,15). The summed E-state index contributed by atoms with van der Waals surface area (Å²) in [6.45, 7) is 2.45. The van der Waals surface area contributed by atoms with Gasteiger partial charge in [0.05, 0.1) is 27.3 Å². The molecular formula is C10H10Cl2N2O. The van der Waals surface area contributed by atoms with Crippen LogP contribution in [-0.2, 0) is 4.79 Å². The predicted octanol–water partition coefficient (Wildman–Crippen LogP) is 2.99. The second-order valence-electron chi connectivity index (χ2n) is 3.58. The number of fused-ring (bicyclic) bond motifs is 1. The maximum absolute atomic E-state index is 11.5. The van der Waals surface area contributed by atoms with Crippen molar-refractivity contribution >= 4 is 40.5 Å². The zero-order valence-electron chi connectivity index (χ0n) is 8.10. The molecule has 1 aromatic carbocycles. The molecule has 2 N–H and O–H groups in total. The Kier molecular flexibility index (Phi) is 2.76. The highest BCUT2D eigenvalue weighted by molar-refractivity contribution is 6.42. The highest BCUT2D eigenvalue weighted by Gasteiger charge is 2.19. The van der Waals surface area contributed by atoms with Crippen molar-refractivity contribution < 1.29 is 4.79 Å². The second-order valence-corrected chi connectivity index (χ2v) is 4.40. The Morgan fingerprint density at radius 3 is 2.53 bits per heavy atom. The van der Waals surface area contributed by atoms with Crippen LogP contribution >= 0.6 is 23.2 Å². The van der Waals surface area contributed by atoms with E-state index in [9.17, 15) is 4.79 Å². The molecule has 1 aliphatic rings. The van der Waals surface area contributed by atoms with Crippen molar-refractivity contribution in [3.8, 4) is 0 Å². The fourth-order valence-corrected chi connectivity index (χ4v) is 1.74. The summed E-state index contributed by atoms with van der Waals surface area (Å²) in [5.41, 5.74) is 1.49. The number of hydrogen-bond acceptors (Lipinski definition) is 2. The van der Waals surface area contributed by atoms with Crippen LogP contribution in [0, 0.1) is 5.92 Å². The van der Waals surface area contributed by atoms with E-state index in [0.717, 1.165) is 5.69 Å². The van der Waals surface area contributed by atoms with E-state index in [-0.39, 0.29) is 11.8 Å². The molecule has 2 rings (SSSR count). The van der Waals surface area contributed by atoms with Gasteiger partial charge in [0.1, 0.15) is 0 Å². The lowest BCUT2D eigenvalue weighted by Gasteiger charge is -2.08. The smallest absolute Gasteiger partial charge is 0.229 e. The predicted molar refractivity (Wildman–Crippen MR) is 62.7 cm³/mol. The summed E-state index contributed by atoms with van der Waals surface area (Å²) in [7, 11) is 0. The average molecular weight is 245 g/mol. The van der Waals surface area contributed by atoms with Crippen LogP contribution in [0.25, 0.3) is 0 Å². The largest absolute Gasteiger partial charge is 0.383 e. The highest BCUT2D eigenvalue weighted by Crippen LogP contribution is 2.34. The molecule has 0 fully saturated rings. The van der Waals surface area contributed by atoms with E-state index in [1.807, 2.05) is 6.92 Å². The van der Waals surface area contributed by atoms with Crippen LogP contribution in [0.15, 0.2) is 12.1 Å². The molecule has 0 saturated carbocycles. The van der Waals surface area contributed by atoms with Crippen molar-refractivity contribution in [1.29, 1.82) is 0 Å². The topological polar surface area (TPSA) is 41.1 Å². The first-order chi connectivity index (χ1) is 7.08. The Balaban J connectivity index is 2.43. The van der Waals surface area contributed by atoms with Gasteiger partial charge in [0.2, 0.25) is 5.91 Å². The Bertz CT molecular complexity index is 420. The van der Waals surface area contributed by atoms with Gasteiger partial charge in [0.15, 0.2) is 0 Å². The third-order valence-electron chi connectivity index (χ3n) is 2.36. The van der Waals surface area contributed by atoms with Gasteiger partial charge < -0.3 is 10.6 Å². The number of amides is 1. The molecule has 3 nitrogen and oxygen atoms in total. The van der Waals surface area contributed by atoms with Crippen LogP contribution < -0.4 is 10.6 Å². The van der Waals surface area contributed by atoms with Crippen molar-refractivity contribution in [2.24, 2.45) is 5.92 Å². The third kappa shape index (κ3) is 2.03. The molecule has 80 valence electrons. The minimum Gasteiger partial charge on any atom is -0.383 e. The summed E-state index contributed by atoms with van der Waals surface area (Å²) in [6, 6.07) is 3.37. The SMILES string of the molecule is CC1CNc2cc(Cl)c(Cl)cc2NC1=O. The molecule has 0 spiro atoms. The summed E-state index contributed by atoms with van der Waals surface area (Å²) in [5.74, 6) is -0.0883. The molecule has 1 atom stereocenters. The minimum atomic E-state index is -0.0741. The molecule has 1 amide bonds. The van der Waals surface area contributed by atoms with Gasteiger partial charge in [-0.15, -0.1) is 0 Å². The van der Waals surface area contributed by atoms with Gasteiger partial charge in [-0.2, -0.15) is 0 Å². The van der Waals surface area contributed by atoms with E-state index in [1.54, 1.807) is 12.1 Å². The first-order valence-electron chi connectivity index (χ1n) is 4.61. The Labute approximate surface area is 97.8 Å². The number of halogens is 2. The molecule has 0 aliphatic carbocycles. The van der Waals surface area contributed by atoms with Gasteiger partial charge in [-0.1, -0.05) is 30.1 Å². The van der Waals surface area contributed by atoms with Gasteiger partial charge in [-0.3, -0.25) is 4.79 Å². The molecule has 1 heterocycles. The van der Waals surface area contributed by atoms with E-state index in [0.29, 0.717) is 22.3 Å². The van der Waals surface area contributed by atoms with E-state index >= 15 is 0 Å². The minimum absolute atomic E-state index is 0.0142. The lowest BCUT2D eigenvalue weighted by Crippen LogP contribution is -2.22. The molecule has 1 aromatic rings. The molecular weight excluding hydrogens is 235 g/mol. The van der Waals surface area contributed by atoms with Crippen LogP contribution in [0.1, 0.15) is 6.92 Å². The van der Waals surface area contributed by atoms with E-state index in [4.69, 9.17) is 23.2 Å². The first-order valence-corrected chi connectivity index (χ1v) is 5.37. The monoisotopic (exact) mass is 244 g/mol. The van der Waals surface area contributed by atoms with Crippen molar-refractivity contribution in [2.45, 2.75) is 6.92 Å². The fourth-order valence-electron chi connectivity index (χ4n) is 1.41. The van der Waals surface area contributed by atoms with Gasteiger partial charge in [0.25, 0.3) is 0 Å². The van der Waals surface area contributed by atoms with Crippen LogP contribution in [0.2, 0.25) is 10.0 Å². The number of benzene rings is 1. The Hall–Kier alpha value is -0.930. The fraction of sp³-hybridized carbons (Fsp3) is 0.300. The number of carbonyl (C=O) groups excluding carboxylic acids is 1. The lowest BCUT2D eigenvalue weighted by molar-refractivity contribution is -0.118. The zero-order chi connectivity index (χ0) is 11.0. The van der Waals surface area contributed by atoms with Crippen molar-refractivity contribution in [2.75, 3.05) is 17.2 Å². The third-order valence-corrected chi connectivity index (χ3v) is 3.09. The number of nitrogens with one attached hydrogen (secondary N) is 2. The normalized spacial score (nSPS) is 19.9. The lowest BCUT2D eigenvalue weighted by atomic mass is 10.2. The zero-order valence-corrected chi connectivity index (χ0v) is 9.62. The van der Waals surface area contributed by atoms with E-state index < -0.39 is 0 Å². The summed E-state index contributed by atoms with van der Waals surface area (Å²) in [4.78, 5) is 11.5. The molecule has 15 heavy (non-hydrogen) atoms. The number of carbonyl (C=O) groups is 1. The first kappa shape index (κ1) is 10.6. The molecule has 0 saturated heterocycles. The summed E-state index contributed by atoms with van der Waals surface area (Å²) >= 11 is 11.8. The summed E-state index contributed by atoms with van der Waals surface area (Å²) < 4.78 is 0. The number of hydrogen-bond donors (Lipinski definition) is 2. The van der Waals surface area contributed by atoms with Gasteiger partial charge in [-0.05, 0) is 12.1 Å². The maximum atomic E-state index is 11.5. The second kappa shape index (κ2) is 3.91. The van der Waals surface area contributed by atoms with Gasteiger partial charge in [-0.25, -0.2) is 0 Å². The molecule has 1 aliphatic heterocycles. The van der Waals surface area contributed by atoms with E-state index in [2.05, 4.69) is 10.6 Å². The molecule has 5 heteroatoms. The number of anilines is 2. The quantitative estimate of drug-likeness (QED) is 0.737. The molecule has 1 unspecified atom stereocenters. The van der Waals surface area contributed by atoms with E-state index in [1.165, 1.54) is 0 Å². The van der Waals surface area contributed by atoms with Crippen LogP contribution in [0.4, 0.5) is 11.4 Å². The molecule has 0 radical (unpaired) electrons. The van der Waals surface area contributed by atoms with Crippen molar-refractivity contribution in [1.82, 2.24) is 0 Å². The molecule has 0 bridgehead atoms. The number of rotatable bonds is 0. The van der Waals surface area contributed by atoms with Crippen LogP contribution in [0.5, 0.6) is 0 Å². The van der Waals surface area contributed by atoms with Crippen molar-refractivity contribution in [3.63, 3.8) is 0 Å². The summed E-state index contributed by atoms with van der Waals surface area (Å²) in [6.07, 6.45) is 0. The van der Waals surface area contributed by atoms with Crippen LogP contribution in [-0.4, -0.2) is 12.5 Å². The van der Waals surface area contributed by atoms with Gasteiger partial charge in [0, 0.05) is 6.54 Å². The maximum Gasteiger partial charge on any atom is 0.229 e. The Morgan fingerprint density at radius 2 is 1.87 bits per heavy atom. The highest BCUT2D eigenvalue weighted by atomic mass is 35.5. The summed E-state index contributed by atoms with van der Waals surface area (Å²) in [5, 5.41) is 6.86. The van der Waals surface area contributed by atoms with Crippen LogP contribution in [0.3, 0.4) is 0 Å². The van der Waals surface area contributed by atoms with Gasteiger partial charge >= 0.3 is 0 Å². The molecule has 0 aromatic heterocycles.